The van der Waals surface area contributed by atoms with Crippen molar-refractivity contribution >= 4 is 20.3 Å². The molecule has 7 atom stereocenters. The van der Waals surface area contributed by atoms with Crippen LogP contribution in [0.25, 0.3) is 0 Å². The molecule has 2 bridgehead atoms. The lowest BCUT2D eigenvalue weighted by atomic mass is 9.96. The van der Waals surface area contributed by atoms with Gasteiger partial charge in [-0.05, 0) is 43.9 Å². The summed E-state index contributed by atoms with van der Waals surface area (Å²) in [5, 5.41) is 2.75. The van der Waals surface area contributed by atoms with Crippen molar-refractivity contribution in [3.05, 3.63) is 94.0 Å². The fourth-order valence-electron chi connectivity index (χ4n) is 6.37. The van der Waals surface area contributed by atoms with Crippen LogP contribution in [0, 0.1) is 6.92 Å². The zero-order chi connectivity index (χ0) is 28.1. The van der Waals surface area contributed by atoms with Gasteiger partial charge in [-0.1, -0.05) is 55.5 Å². The molecule has 2 aromatic carbocycles. The minimum Gasteiger partial charge on any atom is -0.368 e. The van der Waals surface area contributed by atoms with Gasteiger partial charge >= 0.3 is 5.69 Å². The van der Waals surface area contributed by atoms with E-state index in [0.717, 1.165) is 24.9 Å². The predicted molar refractivity (Wildman–Crippen MR) is 152 cm³/mol. The van der Waals surface area contributed by atoms with E-state index in [9.17, 15) is 9.59 Å². The maximum absolute atomic E-state index is 13.3. The average molecular weight is 577 g/mol. The number of nitrogens with zero attached hydrogens (tertiary/aromatic N) is 3. The number of benzene rings is 2. The summed E-state index contributed by atoms with van der Waals surface area (Å²) in [6.45, 7) is 5.16. The van der Waals surface area contributed by atoms with E-state index < -0.39 is 38.3 Å². The van der Waals surface area contributed by atoms with E-state index in [2.05, 4.69) is 27.1 Å². The van der Waals surface area contributed by atoms with Crippen LogP contribution in [0.1, 0.15) is 60.0 Å². The summed E-state index contributed by atoms with van der Waals surface area (Å²) in [7, 11) is -1.33. The largest absolute Gasteiger partial charge is 0.368 e. The highest BCUT2D eigenvalue weighted by Crippen LogP contribution is 2.63. The van der Waals surface area contributed by atoms with Gasteiger partial charge in [0.1, 0.15) is 29.7 Å². The van der Waals surface area contributed by atoms with Crippen LogP contribution in [0.15, 0.2) is 71.7 Å². The van der Waals surface area contributed by atoms with E-state index in [0.29, 0.717) is 24.2 Å². The first-order valence-corrected chi connectivity index (χ1v) is 15.3. The predicted octanol–water partition coefficient (Wildman–Crippen LogP) is 4.73. The lowest BCUT2D eigenvalue weighted by molar-refractivity contribution is -0.175. The van der Waals surface area contributed by atoms with Crippen LogP contribution in [-0.2, 0) is 18.5 Å². The molecule has 4 fully saturated rings. The van der Waals surface area contributed by atoms with Gasteiger partial charge in [-0.3, -0.25) is 9.36 Å². The third-order valence-electron chi connectivity index (χ3n) is 8.61. The van der Waals surface area contributed by atoms with Gasteiger partial charge in [0, 0.05) is 29.9 Å². The van der Waals surface area contributed by atoms with Crippen LogP contribution in [0.3, 0.4) is 0 Å². The highest BCUT2D eigenvalue weighted by atomic mass is 31.2. The molecular formula is C30H33N4O6P. The number of hydrogen-bond acceptors (Lipinski definition) is 8. The molecule has 0 radical (unpaired) electrons. The standard InChI is InChI=1S/C30H33N4O6P/c1-3-30-18-37-24(25(30)40-41-34-16-10-15-22(34)23(39-41)20-11-6-4-7-12-20)28(38-30)33-17-19(2)26(32-29(33)36)31-27(35)21-13-8-5-9-14-21/h4-9,11-14,17,22-25,28H,3,10,15-16,18H2,1-2H3,(H,31,32,35,36)/t22-,23+,24?,25+,28+,30-,41+/m0/s1. The van der Waals surface area contributed by atoms with Gasteiger partial charge in [0.05, 0.1) is 6.61 Å². The smallest absolute Gasteiger partial charge is 0.351 e. The summed E-state index contributed by atoms with van der Waals surface area (Å²) in [5.41, 5.74) is 1.05. The van der Waals surface area contributed by atoms with E-state index in [1.165, 1.54) is 4.57 Å². The highest BCUT2D eigenvalue weighted by Gasteiger charge is 2.64. The minimum absolute atomic E-state index is 0.0350. The van der Waals surface area contributed by atoms with Crippen molar-refractivity contribution in [3.63, 3.8) is 0 Å². The molecule has 1 aromatic heterocycles. The van der Waals surface area contributed by atoms with Crippen LogP contribution in [0.5, 0.6) is 0 Å². The molecule has 1 unspecified atom stereocenters. The van der Waals surface area contributed by atoms with Gasteiger partial charge in [-0.15, -0.1) is 0 Å². The molecule has 0 saturated carbocycles. The molecule has 5 heterocycles. The fraction of sp³-hybridized carbons (Fsp3) is 0.433. The zero-order valence-electron chi connectivity index (χ0n) is 23.0. The van der Waals surface area contributed by atoms with Crippen molar-refractivity contribution in [2.75, 3.05) is 18.5 Å². The van der Waals surface area contributed by atoms with Gasteiger partial charge in [0.2, 0.25) is 0 Å². The molecule has 0 spiro atoms. The Balaban J connectivity index is 1.12. The van der Waals surface area contributed by atoms with Crippen LogP contribution >= 0.6 is 8.53 Å². The number of rotatable bonds is 7. The molecule has 214 valence electrons. The number of hydrogen-bond donors (Lipinski definition) is 1. The van der Waals surface area contributed by atoms with E-state index in [4.69, 9.17) is 18.5 Å². The van der Waals surface area contributed by atoms with Crippen molar-refractivity contribution in [1.29, 1.82) is 0 Å². The number of ether oxygens (including phenoxy) is 2. The SMILES string of the molecule is CC[C@@]12COC([C@H](n3cc(C)c(NC(=O)c4ccccc4)nc3=O)O1)[C@H]2O[P@@]1O[C@H](c2ccccc2)[C@@H]2CCCN21. The molecular weight excluding hydrogens is 543 g/mol. The number of anilines is 1. The maximum atomic E-state index is 13.3. The molecule has 1 amide bonds. The average Bonchev–Trinajstić information content (AvgIpc) is 3.76. The van der Waals surface area contributed by atoms with Crippen molar-refractivity contribution in [1.82, 2.24) is 14.2 Å². The number of nitrogens with one attached hydrogen (secondary N) is 1. The summed E-state index contributed by atoms with van der Waals surface area (Å²) in [6, 6.07) is 19.4. The van der Waals surface area contributed by atoms with Crippen molar-refractivity contribution in [2.45, 2.75) is 69.3 Å². The second-order valence-corrected chi connectivity index (χ2v) is 12.5. The Morgan fingerprint density at radius 2 is 1.93 bits per heavy atom. The summed E-state index contributed by atoms with van der Waals surface area (Å²) in [6.07, 6.45) is 2.87. The summed E-state index contributed by atoms with van der Waals surface area (Å²) in [5.74, 6) is -0.110. The molecule has 41 heavy (non-hydrogen) atoms. The molecule has 1 N–H and O–H groups in total. The Morgan fingerprint density at radius 3 is 2.68 bits per heavy atom. The van der Waals surface area contributed by atoms with Crippen molar-refractivity contribution in [2.24, 2.45) is 0 Å². The Morgan fingerprint density at radius 1 is 1.17 bits per heavy atom. The highest BCUT2D eigenvalue weighted by molar-refractivity contribution is 7.45. The quantitative estimate of drug-likeness (QED) is 0.403. The lowest BCUT2D eigenvalue weighted by Gasteiger charge is -2.31. The van der Waals surface area contributed by atoms with E-state index in [1.54, 1.807) is 37.4 Å². The van der Waals surface area contributed by atoms with Crippen molar-refractivity contribution in [3.8, 4) is 0 Å². The number of fused-ring (bicyclic) bond motifs is 3. The van der Waals surface area contributed by atoms with Crippen LogP contribution in [0.2, 0.25) is 0 Å². The van der Waals surface area contributed by atoms with Gasteiger partial charge in [0.15, 0.2) is 6.23 Å². The van der Waals surface area contributed by atoms with E-state index >= 15 is 0 Å². The third-order valence-corrected chi connectivity index (χ3v) is 10.3. The first kappa shape index (κ1) is 26.9. The maximum Gasteiger partial charge on any atom is 0.351 e. The molecule has 10 nitrogen and oxygen atoms in total. The second kappa shape index (κ2) is 10.7. The van der Waals surface area contributed by atoms with Gasteiger partial charge in [0.25, 0.3) is 14.4 Å². The molecule has 11 heteroatoms. The summed E-state index contributed by atoms with van der Waals surface area (Å²) in [4.78, 5) is 30.1. The van der Waals surface area contributed by atoms with Crippen LogP contribution < -0.4 is 11.0 Å². The Kier molecular flexibility index (Phi) is 7.01. The summed E-state index contributed by atoms with van der Waals surface area (Å²) >= 11 is 0. The molecule has 7 rings (SSSR count). The molecule has 4 aliphatic heterocycles. The number of aromatic nitrogens is 2. The van der Waals surface area contributed by atoms with Gasteiger partial charge in [-0.25, -0.2) is 9.46 Å². The first-order chi connectivity index (χ1) is 20.0. The van der Waals surface area contributed by atoms with E-state index in [-0.39, 0.29) is 23.9 Å². The topological polar surface area (TPSA) is 104 Å². The molecule has 4 aliphatic rings. The number of amides is 1. The lowest BCUT2D eigenvalue weighted by Crippen LogP contribution is -2.41. The zero-order valence-corrected chi connectivity index (χ0v) is 23.9. The number of carbonyl (C=O) groups excluding carboxylic acids is 1. The fourth-order valence-corrected chi connectivity index (χ4v) is 8.41. The minimum atomic E-state index is -1.33. The molecule has 3 aromatic rings. The third kappa shape index (κ3) is 4.63. The van der Waals surface area contributed by atoms with Gasteiger partial charge in [-0.2, -0.15) is 4.98 Å². The number of carbonyl (C=O) groups is 1. The second-order valence-electron chi connectivity index (χ2n) is 11.1. The Labute approximate surface area is 239 Å². The van der Waals surface area contributed by atoms with E-state index in [1.807, 2.05) is 31.2 Å². The molecule has 4 saturated heterocycles. The van der Waals surface area contributed by atoms with Crippen LogP contribution in [-0.4, -0.2) is 57.1 Å². The monoisotopic (exact) mass is 576 g/mol. The van der Waals surface area contributed by atoms with Crippen LogP contribution in [0.4, 0.5) is 5.82 Å². The summed E-state index contributed by atoms with van der Waals surface area (Å²) < 4.78 is 30.0. The normalized spacial score (nSPS) is 32.3. The van der Waals surface area contributed by atoms with Gasteiger partial charge < -0.3 is 23.8 Å². The molecule has 0 aliphatic carbocycles. The number of aryl methyl sites for hydroxylation is 1. The Hall–Kier alpha value is -2.98. The van der Waals surface area contributed by atoms with Crippen molar-refractivity contribution < 1.29 is 23.3 Å². The first-order valence-electron chi connectivity index (χ1n) is 14.2. The Bertz CT molecular complexity index is 1490.